The minimum absolute atomic E-state index is 0.442. The molecule has 0 radical (unpaired) electrons. The van der Waals surface area contributed by atoms with Crippen LogP contribution in [-0.2, 0) is 4.79 Å². The molecule has 0 N–H and O–H groups in total. The van der Waals surface area contributed by atoms with E-state index >= 15 is 0 Å². The van der Waals surface area contributed by atoms with Crippen LogP contribution in [0.1, 0.15) is 116 Å². The van der Waals surface area contributed by atoms with Gasteiger partial charge in [0.1, 0.15) is 5.78 Å². The van der Waals surface area contributed by atoms with Crippen molar-refractivity contribution < 1.29 is 4.79 Å². The van der Waals surface area contributed by atoms with Gasteiger partial charge in [0.25, 0.3) is 0 Å². The lowest BCUT2D eigenvalue weighted by molar-refractivity contribution is -0.120. The predicted octanol–water partition coefficient (Wildman–Crippen LogP) is 6.84. The third-order valence-corrected chi connectivity index (χ3v) is 5.09. The van der Waals surface area contributed by atoms with E-state index < -0.39 is 0 Å². The van der Waals surface area contributed by atoms with E-state index in [1.807, 2.05) is 0 Å². The number of carbonyl (C=O) groups excluding carboxylic acids is 1. The quantitative estimate of drug-likeness (QED) is 0.321. The van der Waals surface area contributed by atoms with Gasteiger partial charge in [0.05, 0.1) is 0 Å². The van der Waals surface area contributed by atoms with E-state index in [0.717, 1.165) is 12.8 Å². The zero-order valence-electron chi connectivity index (χ0n) is 14.5. The molecule has 1 fully saturated rings. The Morgan fingerprint density at radius 1 is 0.762 bits per heavy atom. The molecule has 1 rings (SSSR count). The van der Waals surface area contributed by atoms with Gasteiger partial charge < -0.3 is 0 Å². The summed E-state index contributed by atoms with van der Waals surface area (Å²) < 4.78 is 0. The maximum Gasteiger partial charge on any atom is 0.135 e. The fraction of sp³-hybridized carbons (Fsp3) is 0.950. The zero-order valence-corrected chi connectivity index (χ0v) is 14.5. The Labute approximate surface area is 133 Å². The van der Waals surface area contributed by atoms with E-state index in [1.165, 1.54) is 96.3 Å². The van der Waals surface area contributed by atoms with Crippen molar-refractivity contribution in [3.8, 4) is 0 Å². The molecule has 0 saturated heterocycles. The fourth-order valence-corrected chi connectivity index (χ4v) is 3.60. The molecule has 0 amide bonds. The number of ketones is 1. The molecule has 1 saturated carbocycles. The van der Waals surface area contributed by atoms with Gasteiger partial charge in [0.15, 0.2) is 0 Å². The molecule has 0 aliphatic heterocycles. The van der Waals surface area contributed by atoms with Crippen molar-refractivity contribution >= 4 is 5.78 Å². The molecule has 1 heteroatoms. The van der Waals surface area contributed by atoms with Gasteiger partial charge in [-0.15, -0.1) is 0 Å². The van der Waals surface area contributed by atoms with Crippen LogP contribution in [0.2, 0.25) is 0 Å². The van der Waals surface area contributed by atoms with Gasteiger partial charge in [-0.05, 0) is 19.3 Å². The lowest BCUT2D eigenvalue weighted by atomic mass is 9.98. The molecule has 21 heavy (non-hydrogen) atoms. The first-order chi connectivity index (χ1) is 10.3. The minimum Gasteiger partial charge on any atom is -0.299 e. The van der Waals surface area contributed by atoms with Crippen molar-refractivity contribution in [1.29, 1.82) is 0 Å². The number of carbonyl (C=O) groups is 1. The van der Waals surface area contributed by atoms with Gasteiger partial charge in [-0.2, -0.15) is 0 Å². The number of rotatable bonds is 14. The number of Topliss-reactive ketones (excluding diaryl/α,β-unsaturated/α-hetero) is 1. The van der Waals surface area contributed by atoms with E-state index in [0.29, 0.717) is 11.7 Å². The first kappa shape index (κ1) is 18.7. The van der Waals surface area contributed by atoms with Crippen molar-refractivity contribution in [1.82, 2.24) is 0 Å². The highest BCUT2D eigenvalue weighted by atomic mass is 16.1. The number of hydrogen-bond donors (Lipinski definition) is 0. The smallest absolute Gasteiger partial charge is 0.135 e. The SMILES string of the molecule is CCCCCCCCCCCCCCCC1CCCC1=O. The Morgan fingerprint density at radius 2 is 1.24 bits per heavy atom. The van der Waals surface area contributed by atoms with E-state index in [-0.39, 0.29) is 0 Å². The summed E-state index contributed by atoms with van der Waals surface area (Å²) in [5.41, 5.74) is 0. The third kappa shape index (κ3) is 10.1. The average Bonchev–Trinajstić information content (AvgIpc) is 2.89. The Hall–Kier alpha value is -0.330. The second kappa shape index (κ2) is 13.3. The van der Waals surface area contributed by atoms with Gasteiger partial charge in [-0.1, -0.05) is 90.4 Å². The Morgan fingerprint density at radius 3 is 1.67 bits per heavy atom. The second-order valence-electron chi connectivity index (χ2n) is 7.09. The van der Waals surface area contributed by atoms with Crippen molar-refractivity contribution in [3.05, 3.63) is 0 Å². The molecule has 1 aliphatic rings. The molecular weight excluding hydrogens is 256 g/mol. The van der Waals surface area contributed by atoms with Crippen LogP contribution in [0.4, 0.5) is 0 Å². The highest BCUT2D eigenvalue weighted by Crippen LogP contribution is 2.26. The van der Waals surface area contributed by atoms with Gasteiger partial charge >= 0.3 is 0 Å². The van der Waals surface area contributed by atoms with E-state index in [1.54, 1.807) is 0 Å². The van der Waals surface area contributed by atoms with Crippen LogP contribution in [-0.4, -0.2) is 5.78 Å². The molecule has 0 aromatic carbocycles. The lowest BCUT2D eigenvalue weighted by Crippen LogP contribution is -2.05. The van der Waals surface area contributed by atoms with Crippen LogP contribution in [0.3, 0.4) is 0 Å². The van der Waals surface area contributed by atoms with E-state index in [9.17, 15) is 4.79 Å². The van der Waals surface area contributed by atoms with E-state index in [2.05, 4.69) is 6.92 Å². The van der Waals surface area contributed by atoms with Gasteiger partial charge in [-0.3, -0.25) is 4.79 Å². The van der Waals surface area contributed by atoms with Gasteiger partial charge in [0, 0.05) is 12.3 Å². The molecule has 1 aliphatic carbocycles. The first-order valence-corrected chi connectivity index (χ1v) is 9.87. The molecule has 0 aromatic heterocycles. The summed E-state index contributed by atoms with van der Waals surface area (Å²) in [6.45, 7) is 2.28. The fourth-order valence-electron chi connectivity index (χ4n) is 3.60. The zero-order chi connectivity index (χ0) is 15.2. The Kier molecular flexibility index (Phi) is 11.9. The summed E-state index contributed by atoms with van der Waals surface area (Å²) in [6, 6.07) is 0. The van der Waals surface area contributed by atoms with Crippen molar-refractivity contribution in [2.24, 2.45) is 5.92 Å². The standard InChI is InChI=1S/C20H38O/c1-2-3-4-5-6-7-8-9-10-11-12-13-14-16-19-17-15-18-20(19)21/h19H,2-18H2,1H3. The molecular formula is C20H38O. The van der Waals surface area contributed by atoms with Crippen LogP contribution in [0, 0.1) is 5.92 Å². The minimum atomic E-state index is 0.442. The summed E-state index contributed by atoms with van der Waals surface area (Å²) in [4.78, 5) is 11.5. The normalized spacial score (nSPS) is 18.5. The highest BCUT2D eigenvalue weighted by molar-refractivity contribution is 5.82. The number of unbranched alkanes of at least 4 members (excludes halogenated alkanes) is 12. The molecule has 0 aromatic rings. The monoisotopic (exact) mass is 294 g/mol. The van der Waals surface area contributed by atoms with Gasteiger partial charge in [0.2, 0.25) is 0 Å². The molecule has 1 unspecified atom stereocenters. The molecule has 0 heterocycles. The van der Waals surface area contributed by atoms with Gasteiger partial charge in [-0.25, -0.2) is 0 Å². The molecule has 124 valence electrons. The summed E-state index contributed by atoms with van der Waals surface area (Å²) >= 11 is 0. The molecule has 0 bridgehead atoms. The molecule has 1 nitrogen and oxygen atoms in total. The largest absolute Gasteiger partial charge is 0.299 e. The Balaban J connectivity index is 1.72. The highest BCUT2D eigenvalue weighted by Gasteiger charge is 2.23. The topological polar surface area (TPSA) is 17.1 Å². The average molecular weight is 295 g/mol. The van der Waals surface area contributed by atoms with Crippen LogP contribution < -0.4 is 0 Å². The molecule has 1 atom stereocenters. The van der Waals surface area contributed by atoms with E-state index in [4.69, 9.17) is 0 Å². The van der Waals surface area contributed by atoms with Crippen LogP contribution in [0.5, 0.6) is 0 Å². The maximum atomic E-state index is 11.5. The number of hydrogen-bond acceptors (Lipinski definition) is 1. The van der Waals surface area contributed by atoms with Crippen molar-refractivity contribution in [2.75, 3.05) is 0 Å². The van der Waals surface area contributed by atoms with Crippen LogP contribution in [0.25, 0.3) is 0 Å². The van der Waals surface area contributed by atoms with Crippen LogP contribution >= 0.6 is 0 Å². The lowest BCUT2D eigenvalue weighted by Gasteiger charge is -2.07. The summed E-state index contributed by atoms with van der Waals surface area (Å²) in [7, 11) is 0. The molecule has 0 spiro atoms. The van der Waals surface area contributed by atoms with Crippen LogP contribution in [0.15, 0.2) is 0 Å². The summed E-state index contributed by atoms with van der Waals surface area (Å²) in [6.07, 6.45) is 22.7. The van der Waals surface area contributed by atoms with Crippen molar-refractivity contribution in [2.45, 2.75) is 116 Å². The second-order valence-corrected chi connectivity index (χ2v) is 7.09. The summed E-state index contributed by atoms with van der Waals surface area (Å²) in [5.74, 6) is 0.992. The first-order valence-electron chi connectivity index (χ1n) is 9.87. The third-order valence-electron chi connectivity index (χ3n) is 5.09. The maximum absolute atomic E-state index is 11.5. The Bertz CT molecular complexity index is 246. The predicted molar refractivity (Wildman–Crippen MR) is 92.7 cm³/mol. The summed E-state index contributed by atoms with van der Waals surface area (Å²) in [5, 5.41) is 0. The van der Waals surface area contributed by atoms with Crippen molar-refractivity contribution in [3.63, 3.8) is 0 Å².